The lowest BCUT2D eigenvalue weighted by Crippen LogP contribution is -2.53. The van der Waals surface area contributed by atoms with E-state index in [-0.39, 0.29) is 5.54 Å². The van der Waals surface area contributed by atoms with Crippen molar-refractivity contribution in [1.82, 2.24) is 5.01 Å². The number of nitrogens with two attached hydrogens (primary N) is 1. The van der Waals surface area contributed by atoms with Crippen molar-refractivity contribution in [2.45, 2.75) is 57.9 Å². The summed E-state index contributed by atoms with van der Waals surface area (Å²) >= 11 is 5.44. The second-order valence-electron chi connectivity index (χ2n) is 4.41. The van der Waals surface area contributed by atoms with Gasteiger partial charge in [0.25, 0.3) is 0 Å². The van der Waals surface area contributed by atoms with Crippen molar-refractivity contribution in [3.05, 3.63) is 0 Å². The molecule has 0 radical (unpaired) electrons. The van der Waals surface area contributed by atoms with E-state index >= 15 is 0 Å². The zero-order valence-corrected chi connectivity index (χ0v) is 9.85. The molecule has 0 aromatic carbocycles. The van der Waals surface area contributed by atoms with Crippen LogP contribution in [0.2, 0.25) is 0 Å². The van der Waals surface area contributed by atoms with Crippen molar-refractivity contribution < 1.29 is 0 Å². The highest BCUT2D eigenvalue weighted by Gasteiger charge is 2.31. The molecule has 0 spiro atoms. The second-order valence-corrected chi connectivity index (χ2v) is 4.58. The molecule has 3 nitrogen and oxygen atoms in total. The van der Waals surface area contributed by atoms with Gasteiger partial charge in [-0.25, -0.2) is 5.84 Å². The van der Waals surface area contributed by atoms with Crippen LogP contribution in [-0.4, -0.2) is 16.4 Å². The lowest BCUT2D eigenvalue weighted by Gasteiger charge is -2.38. The molecule has 4 heteroatoms. The second kappa shape index (κ2) is 4.99. The molecule has 1 saturated carbocycles. The van der Waals surface area contributed by atoms with Crippen LogP contribution < -0.4 is 5.84 Å². The third-order valence-electron chi connectivity index (χ3n) is 3.23. The fraction of sp³-hybridized carbons (Fsp3) is 0.900. The summed E-state index contributed by atoms with van der Waals surface area (Å²) in [6.07, 6.45) is 7.40. The molecule has 2 N–H and O–H groups in total. The van der Waals surface area contributed by atoms with Crippen LogP contribution in [0.25, 0.3) is 0 Å². The fourth-order valence-electron chi connectivity index (χ4n) is 2.16. The van der Waals surface area contributed by atoms with E-state index in [0.29, 0.717) is 5.84 Å². The first kappa shape index (κ1) is 11.8. The average Bonchev–Trinajstić information content (AvgIpc) is 2.41. The Morgan fingerprint density at radius 2 is 1.79 bits per heavy atom. The van der Waals surface area contributed by atoms with Crippen LogP contribution >= 0.6 is 11.8 Å². The first-order chi connectivity index (χ1) is 6.60. The number of rotatable bonds is 1. The number of halogens is 1. The van der Waals surface area contributed by atoms with Gasteiger partial charge < -0.3 is 0 Å². The van der Waals surface area contributed by atoms with Gasteiger partial charge in [0.15, 0.2) is 0 Å². The lowest BCUT2D eigenvalue weighted by atomic mass is 9.92. The van der Waals surface area contributed by atoms with Gasteiger partial charge in [0, 0.05) is 11.8 Å². The number of hydrogen-bond acceptors (Lipinski definition) is 2. The summed E-state index contributed by atoms with van der Waals surface area (Å²) in [7, 11) is 0. The predicted octanol–water partition coefficient (Wildman–Crippen LogP) is 2.85. The molecule has 0 aromatic heterocycles. The third kappa shape index (κ3) is 2.61. The van der Waals surface area contributed by atoms with E-state index in [4.69, 9.17) is 17.6 Å². The molecule has 0 heterocycles. The van der Waals surface area contributed by atoms with Crippen molar-refractivity contribution >= 4 is 17.6 Å². The van der Waals surface area contributed by atoms with Crippen LogP contribution in [-0.2, 0) is 0 Å². The number of hydrogen-bond donors (Lipinski definition) is 1. The molecular formula is C10H20ClN3. The monoisotopic (exact) mass is 217 g/mol. The largest absolute Gasteiger partial charge is 0.292 e. The summed E-state index contributed by atoms with van der Waals surface area (Å²) in [4.78, 5) is 0. The highest BCUT2D eigenvalue weighted by atomic mass is 35.5. The van der Waals surface area contributed by atoms with Crippen molar-refractivity contribution in [3.63, 3.8) is 0 Å². The van der Waals surface area contributed by atoms with E-state index in [1.54, 1.807) is 5.01 Å². The SMILES string of the molecule is C/C(=N\Cl)N(N)C1(C)CCCCCC1. The van der Waals surface area contributed by atoms with E-state index in [9.17, 15) is 0 Å². The minimum absolute atomic E-state index is 0.0406. The van der Waals surface area contributed by atoms with Gasteiger partial charge in [-0.2, -0.15) is 4.51 Å². The summed E-state index contributed by atoms with van der Waals surface area (Å²) in [6.45, 7) is 4.05. The van der Waals surface area contributed by atoms with Gasteiger partial charge in [0.2, 0.25) is 0 Å². The van der Waals surface area contributed by atoms with Crippen LogP contribution in [0, 0.1) is 0 Å². The Morgan fingerprint density at radius 1 is 1.29 bits per heavy atom. The molecule has 1 fully saturated rings. The summed E-state index contributed by atoms with van der Waals surface area (Å²) in [5.41, 5.74) is 0.0406. The van der Waals surface area contributed by atoms with Crippen LogP contribution in [0.15, 0.2) is 4.51 Å². The number of nitrogens with zero attached hydrogens (tertiary/aromatic N) is 2. The van der Waals surface area contributed by atoms with Crippen LogP contribution in [0.1, 0.15) is 52.4 Å². The Hall–Kier alpha value is -0.280. The quantitative estimate of drug-likeness (QED) is 0.241. The third-order valence-corrected chi connectivity index (χ3v) is 3.48. The minimum Gasteiger partial charge on any atom is -0.292 e. The van der Waals surface area contributed by atoms with E-state index in [1.807, 2.05) is 6.92 Å². The van der Waals surface area contributed by atoms with Gasteiger partial charge in [0.1, 0.15) is 5.84 Å². The summed E-state index contributed by atoms with van der Waals surface area (Å²) in [5.74, 6) is 6.73. The first-order valence-corrected chi connectivity index (χ1v) is 5.64. The molecule has 14 heavy (non-hydrogen) atoms. The van der Waals surface area contributed by atoms with Crippen molar-refractivity contribution in [3.8, 4) is 0 Å². The topological polar surface area (TPSA) is 41.6 Å². The van der Waals surface area contributed by atoms with Gasteiger partial charge in [-0.15, -0.1) is 0 Å². The minimum atomic E-state index is 0.0406. The molecule has 1 rings (SSSR count). The maximum atomic E-state index is 6.02. The van der Waals surface area contributed by atoms with Crippen LogP contribution in [0.5, 0.6) is 0 Å². The summed E-state index contributed by atoms with van der Waals surface area (Å²) in [5, 5.41) is 1.74. The Kier molecular flexibility index (Phi) is 4.20. The molecular weight excluding hydrogens is 198 g/mol. The average molecular weight is 218 g/mol. The normalized spacial score (nSPS) is 23.0. The molecule has 0 unspecified atom stereocenters. The molecule has 0 aliphatic heterocycles. The van der Waals surface area contributed by atoms with Gasteiger partial charge >= 0.3 is 0 Å². The number of hydrazine groups is 1. The van der Waals surface area contributed by atoms with Crippen molar-refractivity contribution in [1.29, 1.82) is 0 Å². The fourth-order valence-corrected chi connectivity index (χ4v) is 2.24. The smallest absolute Gasteiger partial charge is 0.130 e. The zero-order chi connectivity index (χ0) is 10.6. The molecule has 0 atom stereocenters. The van der Waals surface area contributed by atoms with E-state index in [0.717, 1.165) is 12.8 Å². The molecule has 1 aliphatic rings. The summed E-state index contributed by atoms with van der Waals surface area (Å²) < 4.78 is 3.63. The molecule has 1 aliphatic carbocycles. The van der Waals surface area contributed by atoms with Gasteiger partial charge in [-0.3, -0.25) is 5.01 Å². The lowest BCUT2D eigenvalue weighted by molar-refractivity contribution is 0.170. The Labute approximate surface area is 91.4 Å². The molecule has 0 saturated heterocycles. The van der Waals surface area contributed by atoms with Crippen LogP contribution in [0.4, 0.5) is 0 Å². The van der Waals surface area contributed by atoms with Crippen LogP contribution in [0.3, 0.4) is 0 Å². The highest BCUT2D eigenvalue weighted by Crippen LogP contribution is 2.30. The maximum Gasteiger partial charge on any atom is 0.130 e. The molecule has 0 aromatic rings. The van der Waals surface area contributed by atoms with Crippen molar-refractivity contribution in [2.24, 2.45) is 10.4 Å². The summed E-state index contributed by atoms with van der Waals surface area (Å²) in [6, 6.07) is 0. The molecule has 82 valence electrons. The van der Waals surface area contributed by atoms with Gasteiger partial charge in [0.05, 0.1) is 5.54 Å². The highest BCUT2D eigenvalue weighted by molar-refractivity contribution is 6.19. The standard InChI is InChI=1S/C10H20ClN3/c1-9(13-11)14(12)10(2)7-5-3-4-6-8-10/h3-8,12H2,1-2H3/b13-9+. The Balaban J connectivity index is 2.70. The Bertz CT molecular complexity index is 207. The van der Waals surface area contributed by atoms with E-state index < -0.39 is 0 Å². The van der Waals surface area contributed by atoms with Crippen molar-refractivity contribution in [2.75, 3.05) is 0 Å². The molecule has 0 bridgehead atoms. The van der Waals surface area contributed by atoms with Gasteiger partial charge in [-0.05, 0) is 26.7 Å². The number of amidine groups is 1. The predicted molar refractivity (Wildman–Crippen MR) is 61.1 cm³/mol. The zero-order valence-electron chi connectivity index (χ0n) is 9.09. The molecule has 0 amide bonds. The van der Waals surface area contributed by atoms with E-state index in [1.165, 1.54) is 25.7 Å². The van der Waals surface area contributed by atoms with E-state index in [2.05, 4.69) is 11.4 Å². The first-order valence-electron chi connectivity index (χ1n) is 5.31. The maximum absolute atomic E-state index is 6.02. The Morgan fingerprint density at radius 3 is 2.21 bits per heavy atom. The van der Waals surface area contributed by atoms with Gasteiger partial charge in [-0.1, -0.05) is 25.7 Å².